The van der Waals surface area contributed by atoms with Crippen molar-refractivity contribution in [3.05, 3.63) is 47.8 Å². The predicted molar refractivity (Wildman–Crippen MR) is 128 cm³/mol. The molecule has 3 heteroatoms. The van der Waals surface area contributed by atoms with E-state index in [1.54, 1.807) is 0 Å². The largest absolute Gasteiger partial charge is 0.462 e. The van der Waals surface area contributed by atoms with Crippen molar-refractivity contribution in [2.75, 3.05) is 0 Å². The monoisotopic (exact) mass is 423 g/mol. The van der Waals surface area contributed by atoms with Gasteiger partial charge in [-0.05, 0) is 78.4 Å². The highest BCUT2D eigenvalue weighted by Gasteiger charge is 2.43. The molecule has 2 aliphatic carbocycles. The van der Waals surface area contributed by atoms with Crippen molar-refractivity contribution in [3.8, 4) is 0 Å². The zero-order valence-corrected chi connectivity index (χ0v) is 20.4. The van der Waals surface area contributed by atoms with Crippen LogP contribution in [-0.2, 0) is 9.53 Å². The third-order valence-electron chi connectivity index (χ3n) is 8.49. The van der Waals surface area contributed by atoms with Gasteiger partial charge in [-0.1, -0.05) is 58.4 Å². The first-order valence-electron chi connectivity index (χ1n) is 12.2. The van der Waals surface area contributed by atoms with Crippen LogP contribution in [0.3, 0.4) is 0 Å². The number of pyridine rings is 1. The van der Waals surface area contributed by atoms with E-state index < -0.39 is 0 Å². The maximum absolute atomic E-state index is 11.5. The molecule has 31 heavy (non-hydrogen) atoms. The van der Waals surface area contributed by atoms with Crippen LogP contribution in [0.25, 0.3) is 5.57 Å². The average molecular weight is 424 g/mol. The van der Waals surface area contributed by atoms with Crippen LogP contribution >= 0.6 is 0 Å². The van der Waals surface area contributed by atoms with Gasteiger partial charge < -0.3 is 4.74 Å². The molecule has 2 aliphatic rings. The van der Waals surface area contributed by atoms with Crippen LogP contribution < -0.4 is 0 Å². The fraction of sp³-hybridized carbons (Fsp3) is 0.643. The molecule has 0 saturated heterocycles. The van der Waals surface area contributed by atoms with Gasteiger partial charge in [-0.25, -0.2) is 0 Å². The molecule has 170 valence electrons. The molecule has 0 amide bonds. The Morgan fingerprint density at radius 3 is 2.81 bits per heavy atom. The van der Waals surface area contributed by atoms with Crippen LogP contribution in [0.5, 0.6) is 0 Å². The quantitative estimate of drug-likeness (QED) is 0.339. The molecule has 3 rings (SSSR count). The second-order valence-corrected chi connectivity index (χ2v) is 10.4. The molecule has 0 bridgehead atoms. The fourth-order valence-electron chi connectivity index (χ4n) is 5.90. The van der Waals surface area contributed by atoms with Crippen molar-refractivity contribution >= 4 is 11.5 Å². The van der Waals surface area contributed by atoms with E-state index in [-0.39, 0.29) is 22.9 Å². The number of allylic oxidation sites excluding steroid dienone is 3. The Labute approximate surface area is 189 Å². The number of carbonyl (C=O) groups is 1. The Morgan fingerprint density at radius 2 is 2.16 bits per heavy atom. The molecule has 0 N–H and O–H groups in total. The smallest absolute Gasteiger partial charge is 0.302 e. The van der Waals surface area contributed by atoms with Gasteiger partial charge in [0.2, 0.25) is 0 Å². The van der Waals surface area contributed by atoms with Gasteiger partial charge in [-0.3, -0.25) is 9.78 Å². The maximum atomic E-state index is 11.5. The third-order valence-corrected chi connectivity index (χ3v) is 8.49. The molecule has 0 radical (unpaired) electrons. The zero-order chi connectivity index (χ0) is 22.6. The number of esters is 1. The predicted octanol–water partition coefficient (Wildman–Crippen LogP) is 7.39. The minimum absolute atomic E-state index is 0.0445. The summed E-state index contributed by atoms with van der Waals surface area (Å²) in [6.07, 6.45) is 16.3. The van der Waals surface area contributed by atoms with Gasteiger partial charge >= 0.3 is 5.97 Å². The Morgan fingerprint density at radius 1 is 1.39 bits per heavy atom. The summed E-state index contributed by atoms with van der Waals surface area (Å²) >= 11 is 0. The van der Waals surface area contributed by atoms with Gasteiger partial charge in [0.1, 0.15) is 6.10 Å². The number of nitrogens with zero attached hydrogens (tertiary/aromatic N) is 1. The maximum Gasteiger partial charge on any atom is 0.302 e. The van der Waals surface area contributed by atoms with Crippen molar-refractivity contribution in [1.82, 2.24) is 4.98 Å². The number of rotatable bonds is 7. The van der Waals surface area contributed by atoms with E-state index in [0.29, 0.717) is 11.8 Å². The Kier molecular flexibility index (Phi) is 7.44. The molecular weight excluding hydrogens is 382 g/mol. The van der Waals surface area contributed by atoms with Gasteiger partial charge in [0.15, 0.2) is 0 Å². The summed E-state index contributed by atoms with van der Waals surface area (Å²) in [5.41, 5.74) is 4.63. The second-order valence-electron chi connectivity index (χ2n) is 10.4. The highest BCUT2D eigenvalue weighted by atomic mass is 16.5. The van der Waals surface area contributed by atoms with Gasteiger partial charge in [0, 0.05) is 25.7 Å². The molecular formula is C28H41NO2. The van der Waals surface area contributed by atoms with Crippen LogP contribution in [0.15, 0.2) is 42.3 Å². The Hall–Kier alpha value is -1.90. The van der Waals surface area contributed by atoms with Crippen LogP contribution in [0.2, 0.25) is 0 Å². The molecule has 1 aromatic heterocycles. The van der Waals surface area contributed by atoms with Crippen LogP contribution in [0.1, 0.15) is 92.1 Å². The lowest BCUT2D eigenvalue weighted by Crippen LogP contribution is -2.37. The van der Waals surface area contributed by atoms with E-state index >= 15 is 0 Å². The van der Waals surface area contributed by atoms with Gasteiger partial charge in [-0.2, -0.15) is 0 Å². The first-order chi connectivity index (χ1) is 14.7. The lowest BCUT2D eigenvalue weighted by atomic mass is 9.61. The van der Waals surface area contributed by atoms with Crippen molar-refractivity contribution < 1.29 is 9.53 Å². The van der Waals surface area contributed by atoms with Crippen LogP contribution in [0.4, 0.5) is 0 Å². The van der Waals surface area contributed by atoms with Gasteiger partial charge in [-0.15, -0.1) is 0 Å². The number of carbonyl (C=O) groups excluding carboxylic acids is 1. The molecule has 0 unspecified atom stereocenters. The summed E-state index contributed by atoms with van der Waals surface area (Å²) in [6.45, 7) is 13.5. The standard InChI is InChI=1S/C28H41NO2/c1-7-9-24-18-25(31-22(4)30)14-16-27(24,5)21(3)13-15-28(6)20(2)11-12-26(28)23-10-8-17-29-19-23/h8-10,12,17,19-21,25H,7,11,13-16,18H2,1-6H3/b24-9-/t20-,21-,25+,27-,28+/m1/s1. The van der Waals surface area contributed by atoms with Crippen molar-refractivity contribution in [2.24, 2.45) is 22.7 Å². The Bertz CT molecular complexity index is 827. The van der Waals surface area contributed by atoms with Crippen LogP contribution in [-0.4, -0.2) is 17.1 Å². The van der Waals surface area contributed by atoms with E-state index in [2.05, 4.69) is 57.8 Å². The normalized spacial score (nSPS) is 33.2. The molecule has 0 aromatic carbocycles. The molecule has 1 aromatic rings. The molecule has 1 heterocycles. The average Bonchev–Trinajstić information content (AvgIpc) is 3.04. The topological polar surface area (TPSA) is 39.2 Å². The van der Waals surface area contributed by atoms with E-state index in [0.717, 1.165) is 32.1 Å². The molecule has 0 aliphatic heterocycles. The van der Waals surface area contributed by atoms with Crippen molar-refractivity contribution in [1.29, 1.82) is 0 Å². The third kappa shape index (κ3) is 4.96. The van der Waals surface area contributed by atoms with Crippen LogP contribution in [0, 0.1) is 22.7 Å². The molecule has 1 fully saturated rings. The minimum Gasteiger partial charge on any atom is -0.462 e. The van der Waals surface area contributed by atoms with E-state index in [9.17, 15) is 4.79 Å². The summed E-state index contributed by atoms with van der Waals surface area (Å²) in [7, 11) is 0. The number of hydrogen-bond acceptors (Lipinski definition) is 3. The lowest BCUT2D eigenvalue weighted by Gasteiger charge is -2.45. The summed E-state index contributed by atoms with van der Waals surface area (Å²) in [5.74, 6) is 1.08. The van der Waals surface area contributed by atoms with Gasteiger partial charge in [0.25, 0.3) is 0 Å². The van der Waals surface area contributed by atoms with E-state index in [1.807, 2.05) is 18.5 Å². The first-order valence-corrected chi connectivity index (χ1v) is 12.2. The van der Waals surface area contributed by atoms with Crippen molar-refractivity contribution in [3.63, 3.8) is 0 Å². The summed E-state index contributed by atoms with van der Waals surface area (Å²) in [5, 5.41) is 0. The molecule has 0 spiro atoms. The number of hydrogen-bond donors (Lipinski definition) is 0. The van der Waals surface area contributed by atoms with Crippen molar-refractivity contribution in [2.45, 2.75) is 92.6 Å². The SMILES string of the molecule is CC/C=C1/C[C@@H](OC(C)=O)CC[C@]1(C)[C@H](C)CC[C@]1(C)C(c2cccnc2)=CC[C@H]1C. The lowest BCUT2D eigenvalue weighted by molar-refractivity contribution is -0.147. The molecule has 1 saturated carbocycles. The zero-order valence-electron chi connectivity index (χ0n) is 20.4. The summed E-state index contributed by atoms with van der Waals surface area (Å²) in [4.78, 5) is 15.9. The highest BCUT2D eigenvalue weighted by Crippen LogP contribution is 2.54. The van der Waals surface area contributed by atoms with Gasteiger partial charge in [0.05, 0.1) is 0 Å². The van der Waals surface area contributed by atoms with E-state index in [1.165, 1.54) is 36.5 Å². The summed E-state index contributed by atoms with van der Waals surface area (Å²) in [6, 6.07) is 4.25. The van der Waals surface area contributed by atoms with E-state index in [4.69, 9.17) is 4.74 Å². The fourth-order valence-corrected chi connectivity index (χ4v) is 5.90. The summed E-state index contributed by atoms with van der Waals surface area (Å²) < 4.78 is 5.58. The molecule has 5 atom stereocenters. The Balaban J connectivity index is 1.74. The first kappa shape index (κ1) is 23.8. The second kappa shape index (κ2) is 9.71. The number of aromatic nitrogens is 1. The molecule has 3 nitrogen and oxygen atoms in total. The number of ether oxygens (including phenoxy) is 1. The highest BCUT2D eigenvalue weighted by molar-refractivity contribution is 5.72. The minimum atomic E-state index is -0.157.